The van der Waals surface area contributed by atoms with Crippen molar-refractivity contribution >= 4 is 22.4 Å². The van der Waals surface area contributed by atoms with Crippen molar-refractivity contribution in [2.45, 2.75) is 6.54 Å². The summed E-state index contributed by atoms with van der Waals surface area (Å²) in [6, 6.07) is 17.3. The zero-order valence-electron chi connectivity index (χ0n) is 19.9. The Kier molecular flexibility index (Phi) is 6.37. The van der Waals surface area contributed by atoms with Gasteiger partial charge in [0.15, 0.2) is 11.6 Å². The topological polar surface area (TPSA) is 115 Å². The molecule has 0 saturated carbocycles. The molecule has 38 heavy (non-hydrogen) atoms. The molecule has 0 spiro atoms. The highest BCUT2D eigenvalue weighted by Gasteiger charge is 2.19. The highest BCUT2D eigenvalue weighted by Crippen LogP contribution is 2.22. The number of anilines is 2. The normalized spacial score (nSPS) is 10.8. The third-order valence-electron chi connectivity index (χ3n) is 5.85. The minimum absolute atomic E-state index is 0.114. The maximum Gasteiger partial charge on any atom is 0.359 e. The van der Waals surface area contributed by atoms with E-state index in [0.29, 0.717) is 22.2 Å². The lowest BCUT2D eigenvalue weighted by atomic mass is 10.1. The number of nitrogens with zero attached hydrogens (tertiary/aromatic N) is 5. The van der Waals surface area contributed by atoms with Gasteiger partial charge in [-0.05, 0) is 42.0 Å². The highest BCUT2D eigenvalue weighted by atomic mass is 19.2. The molecule has 2 heterocycles. The molecular formula is C27H18F2N6O3. The maximum absolute atomic E-state index is 14.2. The van der Waals surface area contributed by atoms with Crippen molar-refractivity contribution in [1.82, 2.24) is 19.1 Å². The number of fused-ring (bicyclic) bond motifs is 1. The predicted molar refractivity (Wildman–Crippen MR) is 136 cm³/mol. The number of hydrogen-bond donors (Lipinski definition) is 1. The van der Waals surface area contributed by atoms with Gasteiger partial charge in [0, 0.05) is 22.7 Å². The minimum atomic E-state index is -1.29. The lowest BCUT2D eigenvalue weighted by Gasteiger charge is -2.17. The summed E-state index contributed by atoms with van der Waals surface area (Å²) < 4.78 is 35.3. The van der Waals surface area contributed by atoms with Gasteiger partial charge in [-0.2, -0.15) is 10.2 Å². The first kappa shape index (κ1) is 24.3. The first-order valence-corrected chi connectivity index (χ1v) is 11.3. The van der Waals surface area contributed by atoms with E-state index in [-0.39, 0.29) is 23.7 Å². The molecule has 0 fully saturated rings. The van der Waals surface area contributed by atoms with E-state index in [2.05, 4.69) is 15.3 Å². The third kappa shape index (κ3) is 4.46. The molecule has 0 saturated heterocycles. The number of ether oxygens (including phenoxy) is 1. The number of pyridine rings is 1. The summed E-state index contributed by atoms with van der Waals surface area (Å²) in [7, 11) is 1.51. The second kappa shape index (κ2) is 9.94. The molecule has 5 rings (SSSR count). The minimum Gasteiger partial charge on any atom is -0.497 e. The van der Waals surface area contributed by atoms with E-state index in [0.717, 1.165) is 21.3 Å². The second-order valence-electron chi connectivity index (χ2n) is 8.21. The molecule has 9 nitrogen and oxygen atoms in total. The summed E-state index contributed by atoms with van der Waals surface area (Å²) >= 11 is 0. The molecule has 0 radical (unpaired) electrons. The molecule has 0 bridgehead atoms. The van der Waals surface area contributed by atoms with Crippen molar-refractivity contribution < 1.29 is 13.5 Å². The largest absolute Gasteiger partial charge is 0.497 e. The number of rotatable bonds is 6. The van der Waals surface area contributed by atoms with E-state index < -0.39 is 28.6 Å². The van der Waals surface area contributed by atoms with E-state index in [1.807, 2.05) is 0 Å². The van der Waals surface area contributed by atoms with Crippen LogP contribution in [0.2, 0.25) is 0 Å². The zero-order chi connectivity index (χ0) is 26.8. The molecule has 0 unspecified atom stereocenters. The number of aromatic nitrogens is 4. The van der Waals surface area contributed by atoms with E-state index >= 15 is 0 Å². The molecule has 0 aliphatic rings. The standard InChI is InChI=1S/C27H18F2N6O3/c1-38-20-8-6-19(7-9-20)32-25-33-26(36)35(23-14-31-13-17-4-2-3-5-21(17)23)27(37)34(25)15-16-10-18(12-30)24(29)22(28)11-16/h2-11,13-14H,15H2,1H3,(H,32,33,36). The van der Waals surface area contributed by atoms with Crippen molar-refractivity contribution in [3.05, 3.63) is 117 Å². The maximum atomic E-state index is 14.2. The number of halogens is 2. The van der Waals surface area contributed by atoms with Crippen molar-refractivity contribution in [2.75, 3.05) is 12.4 Å². The molecule has 3 aromatic carbocycles. The van der Waals surface area contributed by atoms with Gasteiger partial charge in [-0.1, -0.05) is 24.3 Å². The Morgan fingerprint density at radius 1 is 1.05 bits per heavy atom. The molecule has 1 N–H and O–H groups in total. The van der Waals surface area contributed by atoms with Crippen LogP contribution in [0, 0.1) is 23.0 Å². The Bertz CT molecular complexity index is 1840. The second-order valence-corrected chi connectivity index (χ2v) is 8.21. The van der Waals surface area contributed by atoms with Crippen LogP contribution in [0.25, 0.3) is 16.5 Å². The van der Waals surface area contributed by atoms with Crippen LogP contribution in [0.1, 0.15) is 11.1 Å². The van der Waals surface area contributed by atoms with Crippen LogP contribution >= 0.6 is 0 Å². The van der Waals surface area contributed by atoms with Gasteiger partial charge >= 0.3 is 11.4 Å². The highest BCUT2D eigenvalue weighted by molar-refractivity contribution is 5.89. The molecule has 0 aliphatic carbocycles. The Balaban J connectivity index is 1.71. The van der Waals surface area contributed by atoms with Crippen LogP contribution in [-0.4, -0.2) is 26.2 Å². The summed E-state index contributed by atoms with van der Waals surface area (Å²) in [6.45, 7) is -0.325. The van der Waals surface area contributed by atoms with Crippen molar-refractivity contribution in [3.63, 3.8) is 0 Å². The molecule has 0 aliphatic heterocycles. The van der Waals surface area contributed by atoms with Crippen LogP contribution in [0.3, 0.4) is 0 Å². The average Bonchev–Trinajstić information content (AvgIpc) is 2.93. The van der Waals surface area contributed by atoms with Gasteiger partial charge in [-0.15, -0.1) is 0 Å². The van der Waals surface area contributed by atoms with Gasteiger partial charge in [-0.25, -0.2) is 22.9 Å². The molecule has 5 aromatic rings. The smallest absolute Gasteiger partial charge is 0.359 e. The van der Waals surface area contributed by atoms with Crippen molar-refractivity contribution in [2.24, 2.45) is 0 Å². The SMILES string of the molecule is COc1ccc(Nc2nc(=O)n(-c3cncc4ccccc34)c(=O)n2Cc2cc(F)c(F)c(C#N)c2)cc1. The fraction of sp³-hybridized carbons (Fsp3) is 0.0741. The van der Waals surface area contributed by atoms with Gasteiger partial charge < -0.3 is 10.1 Å². The van der Waals surface area contributed by atoms with Gasteiger partial charge in [0.2, 0.25) is 5.95 Å². The van der Waals surface area contributed by atoms with Crippen LogP contribution in [0.5, 0.6) is 5.75 Å². The lowest BCUT2D eigenvalue weighted by molar-refractivity contribution is 0.415. The van der Waals surface area contributed by atoms with Gasteiger partial charge in [0.05, 0.1) is 31.1 Å². The number of hydrogen-bond acceptors (Lipinski definition) is 7. The Hall–Kier alpha value is -5.37. The summed E-state index contributed by atoms with van der Waals surface area (Å²) in [6.07, 6.45) is 2.97. The third-order valence-corrected chi connectivity index (χ3v) is 5.85. The molecule has 2 aromatic heterocycles. The summed E-state index contributed by atoms with van der Waals surface area (Å²) in [5.74, 6) is -2.08. The van der Waals surface area contributed by atoms with E-state index in [1.54, 1.807) is 60.8 Å². The van der Waals surface area contributed by atoms with Gasteiger partial charge in [-0.3, -0.25) is 9.55 Å². The predicted octanol–water partition coefficient (Wildman–Crippen LogP) is 3.89. The Morgan fingerprint density at radius 3 is 2.55 bits per heavy atom. The first-order valence-electron chi connectivity index (χ1n) is 11.3. The fourth-order valence-corrected chi connectivity index (χ4v) is 4.02. The van der Waals surface area contributed by atoms with Gasteiger partial charge in [0.1, 0.15) is 11.8 Å². The molecule has 188 valence electrons. The monoisotopic (exact) mass is 512 g/mol. The van der Waals surface area contributed by atoms with E-state index in [1.165, 1.54) is 13.3 Å². The summed E-state index contributed by atoms with van der Waals surface area (Å²) in [5.41, 5.74) is -1.39. The van der Waals surface area contributed by atoms with Gasteiger partial charge in [0.25, 0.3) is 0 Å². The number of nitrogens with one attached hydrogen (secondary N) is 1. The zero-order valence-corrected chi connectivity index (χ0v) is 19.9. The summed E-state index contributed by atoms with van der Waals surface area (Å²) in [4.78, 5) is 35.3. The van der Waals surface area contributed by atoms with E-state index in [9.17, 15) is 23.6 Å². The number of benzene rings is 3. The Morgan fingerprint density at radius 2 is 1.82 bits per heavy atom. The van der Waals surface area contributed by atoms with Crippen molar-refractivity contribution in [3.8, 4) is 17.5 Å². The first-order chi connectivity index (χ1) is 18.4. The molecular weight excluding hydrogens is 494 g/mol. The summed E-state index contributed by atoms with van der Waals surface area (Å²) in [5, 5.41) is 13.4. The molecule has 0 amide bonds. The van der Waals surface area contributed by atoms with Crippen LogP contribution in [-0.2, 0) is 6.54 Å². The Labute approximate surface area is 213 Å². The van der Waals surface area contributed by atoms with Crippen LogP contribution < -0.4 is 21.4 Å². The molecule has 0 atom stereocenters. The lowest BCUT2D eigenvalue weighted by Crippen LogP contribution is -2.42. The van der Waals surface area contributed by atoms with Crippen molar-refractivity contribution in [1.29, 1.82) is 5.26 Å². The fourth-order valence-electron chi connectivity index (χ4n) is 4.02. The number of nitriles is 1. The van der Waals surface area contributed by atoms with Crippen LogP contribution in [0.15, 0.2) is 82.6 Å². The molecule has 11 heteroatoms. The quantitative estimate of drug-likeness (QED) is 0.367. The van der Waals surface area contributed by atoms with E-state index in [4.69, 9.17) is 4.74 Å². The number of methoxy groups -OCH3 is 1. The van der Waals surface area contributed by atoms with Crippen LogP contribution in [0.4, 0.5) is 20.4 Å². The average molecular weight is 512 g/mol.